The zero-order valence-corrected chi connectivity index (χ0v) is 10.4. The highest BCUT2D eigenvalue weighted by Crippen LogP contribution is 2.01. The van der Waals surface area contributed by atoms with E-state index in [2.05, 4.69) is 29.2 Å². The molecule has 1 aromatic heterocycles. The molecule has 0 unspecified atom stereocenters. The summed E-state index contributed by atoms with van der Waals surface area (Å²) in [6.45, 7) is 7.63. The standard InChI is InChI=1S/C11H22N4O/c1-10(2)4-6-15-9-13-11(14-15)8-12-5-7-16-3/h9-10,12H,4-8H2,1-3H3. The molecular formula is C11H22N4O. The fourth-order valence-corrected chi connectivity index (χ4v) is 1.29. The van der Waals surface area contributed by atoms with Crippen LogP contribution in [0, 0.1) is 5.92 Å². The Morgan fingerprint density at radius 2 is 2.31 bits per heavy atom. The molecule has 0 atom stereocenters. The highest BCUT2D eigenvalue weighted by atomic mass is 16.5. The molecule has 0 bridgehead atoms. The molecule has 0 saturated heterocycles. The largest absolute Gasteiger partial charge is 0.383 e. The molecule has 0 aliphatic heterocycles. The molecule has 1 rings (SSSR count). The van der Waals surface area contributed by atoms with Crippen LogP contribution in [0.15, 0.2) is 6.33 Å². The van der Waals surface area contributed by atoms with Crippen LogP contribution in [0.1, 0.15) is 26.1 Å². The number of hydrogen-bond acceptors (Lipinski definition) is 4. The second kappa shape index (κ2) is 7.35. The Bertz CT molecular complexity index is 285. The van der Waals surface area contributed by atoms with Gasteiger partial charge in [-0.3, -0.25) is 4.68 Å². The lowest BCUT2D eigenvalue weighted by molar-refractivity contribution is 0.199. The minimum Gasteiger partial charge on any atom is -0.383 e. The molecule has 0 aliphatic carbocycles. The van der Waals surface area contributed by atoms with Crippen molar-refractivity contribution < 1.29 is 4.74 Å². The molecule has 0 aromatic carbocycles. The van der Waals surface area contributed by atoms with E-state index in [0.29, 0.717) is 19.1 Å². The van der Waals surface area contributed by atoms with Gasteiger partial charge >= 0.3 is 0 Å². The van der Waals surface area contributed by atoms with Gasteiger partial charge in [0, 0.05) is 20.2 Å². The third-order valence-corrected chi connectivity index (χ3v) is 2.29. The van der Waals surface area contributed by atoms with Crippen LogP contribution in [0.4, 0.5) is 0 Å². The van der Waals surface area contributed by atoms with Crippen molar-refractivity contribution in [1.82, 2.24) is 20.1 Å². The molecule has 1 N–H and O–H groups in total. The van der Waals surface area contributed by atoms with Crippen molar-refractivity contribution in [3.63, 3.8) is 0 Å². The van der Waals surface area contributed by atoms with Crippen molar-refractivity contribution in [3.8, 4) is 0 Å². The van der Waals surface area contributed by atoms with Crippen LogP contribution in [-0.2, 0) is 17.8 Å². The van der Waals surface area contributed by atoms with Gasteiger partial charge < -0.3 is 10.1 Å². The summed E-state index contributed by atoms with van der Waals surface area (Å²) in [5.74, 6) is 1.55. The second-order valence-corrected chi connectivity index (χ2v) is 4.28. The predicted octanol–water partition coefficient (Wildman–Crippen LogP) is 1.06. The number of hydrogen-bond donors (Lipinski definition) is 1. The van der Waals surface area contributed by atoms with Crippen LogP contribution in [0.2, 0.25) is 0 Å². The fraction of sp³-hybridized carbons (Fsp3) is 0.818. The monoisotopic (exact) mass is 226 g/mol. The first-order valence-corrected chi connectivity index (χ1v) is 5.80. The Labute approximate surface area is 97.2 Å². The summed E-state index contributed by atoms with van der Waals surface area (Å²) in [6, 6.07) is 0. The first-order valence-electron chi connectivity index (χ1n) is 5.80. The number of ether oxygens (including phenoxy) is 1. The van der Waals surface area contributed by atoms with E-state index in [1.807, 2.05) is 4.68 Å². The lowest BCUT2D eigenvalue weighted by Crippen LogP contribution is -2.19. The quantitative estimate of drug-likeness (QED) is 0.673. The maximum Gasteiger partial charge on any atom is 0.164 e. The molecule has 92 valence electrons. The number of aryl methyl sites for hydroxylation is 1. The van der Waals surface area contributed by atoms with Gasteiger partial charge in [0.1, 0.15) is 6.33 Å². The third-order valence-electron chi connectivity index (χ3n) is 2.29. The molecule has 16 heavy (non-hydrogen) atoms. The van der Waals surface area contributed by atoms with Crippen LogP contribution >= 0.6 is 0 Å². The van der Waals surface area contributed by atoms with E-state index >= 15 is 0 Å². The van der Waals surface area contributed by atoms with Gasteiger partial charge in [0.25, 0.3) is 0 Å². The van der Waals surface area contributed by atoms with Crippen molar-refractivity contribution in [2.24, 2.45) is 5.92 Å². The molecule has 0 spiro atoms. The number of rotatable bonds is 8. The smallest absolute Gasteiger partial charge is 0.164 e. The summed E-state index contributed by atoms with van der Waals surface area (Å²) in [7, 11) is 1.70. The van der Waals surface area contributed by atoms with Crippen molar-refractivity contribution in [2.45, 2.75) is 33.4 Å². The molecule has 5 nitrogen and oxygen atoms in total. The zero-order chi connectivity index (χ0) is 11.8. The predicted molar refractivity (Wildman–Crippen MR) is 63.1 cm³/mol. The SMILES string of the molecule is COCCNCc1ncn(CCC(C)C)n1. The average molecular weight is 226 g/mol. The van der Waals surface area contributed by atoms with E-state index < -0.39 is 0 Å². The fourth-order valence-electron chi connectivity index (χ4n) is 1.29. The Morgan fingerprint density at radius 1 is 1.50 bits per heavy atom. The van der Waals surface area contributed by atoms with E-state index in [0.717, 1.165) is 25.3 Å². The van der Waals surface area contributed by atoms with Crippen molar-refractivity contribution in [1.29, 1.82) is 0 Å². The average Bonchev–Trinajstić information content (AvgIpc) is 2.70. The highest BCUT2D eigenvalue weighted by molar-refractivity contribution is 4.80. The number of methoxy groups -OCH3 is 1. The van der Waals surface area contributed by atoms with E-state index in [1.54, 1.807) is 13.4 Å². The lowest BCUT2D eigenvalue weighted by Gasteiger charge is -2.03. The Hall–Kier alpha value is -0.940. The van der Waals surface area contributed by atoms with E-state index in [-0.39, 0.29) is 0 Å². The van der Waals surface area contributed by atoms with Gasteiger partial charge in [-0.25, -0.2) is 4.98 Å². The second-order valence-electron chi connectivity index (χ2n) is 4.28. The summed E-state index contributed by atoms with van der Waals surface area (Å²) >= 11 is 0. The first-order chi connectivity index (χ1) is 7.72. The maximum absolute atomic E-state index is 4.94. The molecule has 0 radical (unpaired) electrons. The van der Waals surface area contributed by atoms with Crippen LogP contribution in [0.3, 0.4) is 0 Å². The van der Waals surface area contributed by atoms with Crippen molar-refractivity contribution >= 4 is 0 Å². The first kappa shape index (κ1) is 13.1. The number of nitrogens with zero attached hydrogens (tertiary/aromatic N) is 3. The molecule has 1 heterocycles. The minimum absolute atomic E-state index is 0.701. The van der Waals surface area contributed by atoms with Gasteiger partial charge in [-0.05, 0) is 12.3 Å². The zero-order valence-electron chi connectivity index (χ0n) is 10.4. The third kappa shape index (κ3) is 5.23. The van der Waals surface area contributed by atoms with Crippen LogP contribution < -0.4 is 5.32 Å². The Morgan fingerprint density at radius 3 is 3.00 bits per heavy atom. The minimum atomic E-state index is 0.701. The molecule has 0 aliphatic rings. The molecule has 0 saturated carbocycles. The van der Waals surface area contributed by atoms with Crippen molar-refractivity contribution in [2.75, 3.05) is 20.3 Å². The van der Waals surface area contributed by atoms with Gasteiger partial charge in [-0.15, -0.1) is 0 Å². The number of aromatic nitrogens is 3. The van der Waals surface area contributed by atoms with E-state index in [9.17, 15) is 0 Å². The summed E-state index contributed by atoms with van der Waals surface area (Å²) in [5.41, 5.74) is 0. The van der Waals surface area contributed by atoms with E-state index in [1.165, 1.54) is 0 Å². The highest BCUT2D eigenvalue weighted by Gasteiger charge is 2.01. The maximum atomic E-state index is 4.94. The lowest BCUT2D eigenvalue weighted by atomic mass is 10.1. The van der Waals surface area contributed by atoms with Crippen molar-refractivity contribution in [3.05, 3.63) is 12.2 Å². The van der Waals surface area contributed by atoms with E-state index in [4.69, 9.17) is 4.74 Å². The summed E-state index contributed by atoms with van der Waals surface area (Å²) in [4.78, 5) is 4.24. The normalized spacial score (nSPS) is 11.2. The molecule has 5 heteroatoms. The van der Waals surface area contributed by atoms with Gasteiger partial charge in [-0.1, -0.05) is 13.8 Å². The van der Waals surface area contributed by atoms with Gasteiger partial charge in [0.2, 0.25) is 0 Å². The van der Waals surface area contributed by atoms with Crippen LogP contribution in [0.5, 0.6) is 0 Å². The molecular weight excluding hydrogens is 204 g/mol. The van der Waals surface area contributed by atoms with Gasteiger partial charge in [0.05, 0.1) is 13.2 Å². The molecule has 0 amide bonds. The molecule has 0 fully saturated rings. The van der Waals surface area contributed by atoms with Crippen LogP contribution in [-0.4, -0.2) is 35.0 Å². The Balaban J connectivity index is 2.22. The summed E-state index contributed by atoms with van der Waals surface area (Å²) in [6.07, 6.45) is 2.94. The van der Waals surface area contributed by atoms with Gasteiger partial charge in [0.15, 0.2) is 5.82 Å². The van der Waals surface area contributed by atoms with Gasteiger partial charge in [-0.2, -0.15) is 5.10 Å². The molecule has 1 aromatic rings. The number of nitrogens with one attached hydrogen (secondary N) is 1. The summed E-state index contributed by atoms with van der Waals surface area (Å²) in [5, 5.41) is 7.60. The Kier molecular flexibility index (Phi) is 6.03. The summed E-state index contributed by atoms with van der Waals surface area (Å²) < 4.78 is 6.85. The van der Waals surface area contributed by atoms with Crippen LogP contribution in [0.25, 0.3) is 0 Å². The topological polar surface area (TPSA) is 52.0 Å².